The highest BCUT2D eigenvalue weighted by Crippen LogP contribution is 2.42. The maximum atomic E-state index is 12.9. The van der Waals surface area contributed by atoms with Crippen molar-refractivity contribution in [3.8, 4) is 28.4 Å². The van der Waals surface area contributed by atoms with Gasteiger partial charge in [-0.2, -0.15) is 0 Å². The summed E-state index contributed by atoms with van der Waals surface area (Å²) < 4.78 is 10.9. The summed E-state index contributed by atoms with van der Waals surface area (Å²) in [7, 11) is 0. The third-order valence-corrected chi connectivity index (χ3v) is 4.03. The van der Waals surface area contributed by atoms with Gasteiger partial charge in [-0.25, -0.2) is 0 Å². The molecule has 6 heteroatoms. The molecule has 3 aromatic rings. The largest absolute Gasteiger partial charge is 0.507 e. The molecule has 0 fully saturated rings. The zero-order valence-corrected chi connectivity index (χ0v) is 12.0. The van der Waals surface area contributed by atoms with Crippen molar-refractivity contribution in [2.24, 2.45) is 0 Å². The fourth-order valence-corrected chi connectivity index (χ4v) is 2.82. The first-order chi connectivity index (χ1) is 11.0. The third-order valence-electron chi connectivity index (χ3n) is 4.03. The van der Waals surface area contributed by atoms with Crippen molar-refractivity contribution in [2.45, 2.75) is 13.2 Å². The number of aliphatic hydroxyl groups excluding tert-OH is 1. The first kappa shape index (κ1) is 13.7. The zero-order valence-electron chi connectivity index (χ0n) is 12.0. The van der Waals surface area contributed by atoms with E-state index in [-0.39, 0.29) is 39.4 Å². The Balaban J connectivity index is 2.20. The van der Waals surface area contributed by atoms with E-state index < -0.39 is 11.7 Å². The quantitative estimate of drug-likeness (QED) is 0.590. The fraction of sp³-hybridized carbons (Fsp3) is 0.118. The smallest absolute Gasteiger partial charge is 0.257 e. The number of ether oxygens (including phenoxy) is 1. The molecule has 4 rings (SSSR count). The third kappa shape index (κ3) is 1.75. The van der Waals surface area contributed by atoms with Crippen LogP contribution in [-0.2, 0) is 0 Å². The molecule has 1 aromatic heterocycles. The van der Waals surface area contributed by atoms with Crippen LogP contribution >= 0.6 is 0 Å². The van der Waals surface area contributed by atoms with Crippen molar-refractivity contribution < 1.29 is 24.5 Å². The second-order valence-corrected chi connectivity index (χ2v) is 5.38. The molecule has 0 aliphatic carbocycles. The molecule has 6 nitrogen and oxygen atoms in total. The van der Waals surface area contributed by atoms with Crippen LogP contribution in [0.1, 0.15) is 17.6 Å². The van der Waals surface area contributed by atoms with E-state index in [0.717, 1.165) is 0 Å². The molecule has 0 amide bonds. The maximum Gasteiger partial charge on any atom is 0.257 e. The second kappa shape index (κ2) is 4.50. The minimum atomic E-state index is -1.44. The summed E-state index contributed by atoms with van der Waals surface area (Å²) >= 11 is 0. The molecule has 0 radical (unpaired) electrons. The molecule has 0 bridgehead atoms. The minimum Gasteiger partial charge on any atom is -0.507 e. The van der Waals surface area contributed by atoms with Crippen LogP contribution in [0.4, 0.5) is 0 Å². The highest BCUT2D eigenvalue weighted by molar-refractivity contribution is 5.91. The number of aliphatic hydroxyl groups is 1. The van der Waals surface area contributed by atoms with E-state index in [9.17, 15) is 20.1 Å². The molecule has 1 aliphatic rings. The molecule has 2 heterocycles. The predicted molar refractivity (Wildman–Crippen MR) is 81.6 cm³/mol. The van der Waals surface area contributed by atoms with Crippen molar-refractivity contribution in [3.63, 3.8) is 0 Å². The van der Waals surface area contributed by atoms with E-state index in [1.165, 1.54) is 13.0 Å². The summed E-state index contributed by atoms with van der Waals surface area (Å²) in [6.07, 6.45) is -1.44. The summed E-state index contributed by atoms with van der Waals surface area (Å²) in [5.74, 6) is -0.238. The van der Waals surface area contributed by atoms with Gasteiger partial charge in [0.1, 0.15) is 28.2 Å². The zero-order chi connectivity index (χ0) is 16.3. The van der Waals surface area contributed by atoms with Gasteiger partial charge < -0.3 is 24.5 Å². The number of aromatic hydroxyl groups is 2. The second-order valence-electron chi connectivity index (χ2n) is 5.38. The Hall–Kier alpha value is -2.99. The fourth-order valence-electron chi connectivity index (χ4n) is 2.82. The molecule has 0 saturated heterocycles. The maximum absolute atomic E-state index is 12.9. The summed E-state index contributed by atoms with van der Waals surface area (Å²) in [6.45, 7) is 1.49. The number of rotatable bonds is 0. The van der Waals surface area contributed by atoms with Gasteiger partial charge in [0.05, 0.1) is 5.56 Å². The first-order valence-electron chi connectivity index (χ1n) is 6.95. The van der Waals surface area contributed by atoms with Crippen LogP contribution in [0.5, 0.6) is 17.2 Å². The van der Waals surface area contributed by atoms with Gasteiger partial charge in [-0.05, 0) is 13.0 Å². The van der Waals surface area contributed by atoms with E-state index in [1.807, 2.05) is 0 Å². The molecular formula is C17H12O6. The lowest BCUT2D eigenvalue weighted by molar-refractivity contribution is -0.0376. The Morgan fingerprint density at radius 2 is 1.91 bits per heavy atom. The lowest BCUT2D eigenvalue weighted by atomic mass is 9.98. The number of fused-ring (bicyclic) bond motifs is 4. The lowest BCUT2D eigenvalue weighted by Gasteiger charge is -2.23. The molecule has 1 atom stereocenters. The average molecular weight is 312 g/mol. The van der Waals surface area contributed by atoms with Crippen molar-refractivity contribution in [3.05, 3.63) is 51.9 Å². The predicted octanol–water partition coefficient (Wildman–Crippen LogP) is 2.56. The van der Waals surface area contributed by atoms with Crippen LogP contribution in [0.15, 0.2) is 39.5 Å². The molecular weight excluding hydrogens is 300 g/mol. The highest BCUT2D eigenvalue weighted by atomic mass is 16.6. The summed E-state index contributed by atoms with van der Waals surface area (Å²) in [6, 6.07) is 7.99. The van der Waals surface area contributed by atoms with E-state index in [1.54, 1.807) is 24.3 Å². The Bertz CT molecular complexity index is 1020. The number of hydrogen-bond acceptors (Lipinski definition) is 6. The standard InChI is InChI=1S/C17H12O6/c1-7-9(18)6-11-13(14(7)19)15(20)12-8-4-2-3-5-10(8)23-17(21)16(12)22-11/h2-6,17-19,21H,1H3/t17-/m1/s1. The number of phenols is 2. The molecule has 116 valence electrons. The topological polar surface area (TPSA) is 100 Å². The van der Waals surface area contributed by atoms with Crippen LogP contribution < -0.4 is 10.2 Å². The molecule has 0 saturated carbocycles. The normalized spacial score (nSPS) is 15.8. The summed E-state index contributed by atoms with van der Waals surface area (Å²) in [5.41, 5.74) is 0.305. The number of phenolic OH excluding ortho intramolecular Hbond substituents is 2. The van der Waals surface area contributed by atoms with Crippen LogP contribution in [0, 0.1) is 6.92 Å². The molecule has 0 spiro atoms. The summed E-state index contributed by atoms with van der Waals surface area (Å²) in [5, 5.41) is 30.1. The van der Waals surface area contributed by atoms with Crippen molar-refractivity contribution in [1.29, 1.82) is 0 Å². The van der Waals surface area contributed by atoms with Gasteiger partial charge in [-0.3, -0.25) is 4.79 Å². The van der Waals surface area contributed by atoms with Gasteiger partial charge in [0.25, 0.3) is 6.29 Å². The molecule has 2 aromatic carbocycles. The van der Waals surface area contributed by atoms with Crippen LogP contribution in [0.2, 0.25) is 0 Å². The van der Waals surface area contributed by atoms with E-state index >= 15 is 0 Å². The van der Waals surface area contributed by atoms with Crippen LogP contribution in [0.3, 0.4) is 0 Å². The number of benzene rings is 2. The van der Waals surface area contributed by atoms with Crippen LogP contribution in [-0.4, -0.2) is 15.3 Å². The van der Waals surface area contributed by atoms with Gasteiger partial charge in [-0.15, -0.1) is 0 Å². The van der Waals surface area contributed by atoms with Crippen molar-refractivity contribution in [1.82, 2.24) is 0 Å². The van der Waals surface area contributed by atoms with Gasteiger partial charge >= 0.3 is 0 Å². The molecule has 23 heavy (non-hydrogen) atoms. The molecule has 0 unspecified atom stereocenters. The Kier molecular flexibility index (Phi) is 2.67. The summed E-state index contributed by atoms with van der Waals surface area (Å²) in [4.78, 5) is 12.9. The van der Waals surface area contributed by atoms with E-state index in [2.05, 4.69) is 0 Å². The van der Waals surface area contributed by atoms with E-state index in [0.29, 0.717) is 11.3 Å². The van der Waals surface area contributed by atoms with Crippen molar-refractivity contribution >= 4 is 11.0 Å². The van der Waals surface area contributed by atoms with Gasteiger partial charge in [0, 0.05) is 17.2 Å². The van der Waals surface area contributed by atoms with E-state index in [4.69, 9.17) is 9.15 Å². The number of para-hydroxylation sites is 1. The first-order valence-corrected chi connectivity index (χ1v) is 6.95. The number of hydrogen-bond donors (Lipinski definition) is 3. The minimum absolute atomic E-state index is 0.0172. The Labute approximate surface area is 129 Å². The van der Waals surface area contributed by atoms with Gasteiger partial charge in [0.15, 0.2) is 5.76 Å². The average Bonchev–Trinajstić information content (AvgIpc) is 2.53. The highest BCUT2D eigenvalue weighted by Gasteiger charge is 2.31. The lowest BCUT2D eigenvalue weighted by Crippen LogP contribution is -2.19. The Morgan fingerprint density at radius 1 is 1.17 bits per heavy atom. The van der Waals surface area contributed by atoms with Gasteiger partial charge in [-0.1, -0.05) is 18.2 Å². The van der Waals surface area contributed by atoms with Gasteiger partial charge in [0.2, 0.25) is 5.43 Å². The van der Waals surface area contributed by atoms with Crippen molar-refractivity contribution in [2.75, 3.05) is 0 Å². The molecule has 1 aliphatic heterocycles. The SMILES string of the molecule is Cc1c(O)cc2oc3c(c(=O)c2c1O)-c1ccccc1O[C@H]3O. The van der Waals surface area contributed by atoms with Crippen LogP contribution in [0.25, 0.3) is 22.1 Å². The monoisotopic (exact) mass is 312 g/mol. The Morgan fingerprint density at radius 3 is 2.70 bits per heavy atom. The molecule has 3 N–H and O–H groups in total.